The van der Waals surface area contributed by atoms with Crippen molar-refractivity contribution in [3.63, 3.8) is 0 Å². The minimum absolute atomic E-state index is 0.0182. The van der Waals surface area contributed by atoms with Gasteiger partial charge in [-0.2, -0.15) is 5.21 Å². The number of tetrazole rings is 1. The van der Waals surface area contributed by atoms with Crippen molar-refractivity contribution in [1.29, 1.82) is 0 Å². The van der Waals surface area contributed by atoms with Gasteiger partial charge >= 0.3 is 0 Å². The molecule has 8 heteroatoms. The molecular weight excluding hydrogens is 228 g/mol. The van der Waals surface area contributed by atoms with E-state index in [4.69, 9.17) is 0 Å². The van der Waals surface area contributed by atoms with Gasteiger partial charge in [0.2, 0.25) is 0 Å². The number of H-pyrrole nitrogens is 1. The highest BCUT2D eigenvalue weighted by atomic mass is 32.1. The lowest BCUT2D eigenvalue weighted by molar-refractivity contribution is 0.0901. The maximum Gasteiger partial charge on any atom is 0.293 e. The molecule has 0 saturated heterocycles. The second-order valence-corrected chi connectivity index (χ2v) is 4.55. The molecule has 2 aromatic rings. The van der Waals surface area contributed by atoms with Crippen LogP contribution in [0.3, 0.4) is 0 Å². The van der Waals surface area contributed by atoms with Crippen LogP contribution in [0.2, 0.25) is 0 Å². The monoisotopic (exact) mass is 238 g/mol. The first-order valence-electron chi connectivity index (χ1n) is 4.55. The molecule has 0 aliphatic carbocycles. The summed E-state index contributed by atoms with van der Waals surface area (Å²) in [6.07, 6.45) is 1.70. The molecule has 0 aliphatic rings. The second-order valence-electron chi connectivity index (χ2n) is 3.65. The molecule has 1 amide bonds. The van der Waals surface area contributed by atoms with E-state index in [2.05, 4.69) is 30.9 Å². The molecule has 0 saturated carbocycles. The Morgan fingerprint density at radius 1 is 1.56 bits per heavy atom. The van der Waals surface area contributed by atoms with E-state index >= 15 is 0 Å². The van der Waals surface area contributed by atoms with Crippen LogP contribution >= 0.6 is 11.3 Å². The van der Waals surface area contributed by atoms with Gasteiger partial charge in [0, 0.05) is 11.6 Å². The molecule has 0 aliphatic heterocycles. The van der Waals surface area contributed by atoms with E-state index < -0.39 is 5.54 Å². The van der Waals surface area contributed by atoms with Gasteiger partial charge in [0.05, 0.1) is 5.54 Å². The van der Waals surface area contributed by atoms with Crippen LogP contribution < -0.4 is 5.32 Å². The molecule has 16 heavy (non-hydrogen) atoms. The van der Waals surface area contributed by atoms with Crippen LogP contribution in [0.25, 0.3) is 0 Å². The summed E-state index contributed by atoms with van der Waals surface area (Å²) < 4.78 is 0. The summed E-state index contributed by atoms with van der Waals surface area (Å²) in [6.45, 7) is 3.73. The first-order valence-corrected chi connectivity index (χ1v) is 5.43. The van der Waals surface area contributed by atoms with Crippen molar-refractivity contribution in [1.82, 2.24) is 30.9 Å². The maximum absolute atomic E-state index is 11.7. The maximum atomic E-state index is 11.7. The van der Waals surface area contributed by atoms with Crippen molar-refractivity contribution in [3.8, 4) is 0 Å². The molecule has 0 aromatic carbocycles. The quantitative estimate of drug-likeness (QED) is 0.802. The molecular formula is C8H10N6OS. The lowest BCUT2D eigenvalue weighted by Crippen LogP contribution is -2.41. The van der Waals surface area contributed by atoms with E-state index in [0.29, 0.717) is 0 Å². The Balaban J connectivity index is 2.13. The van der Waals surface area contributed by atoms with Gasteiger partial charge in [-0.1, -0.05) is 0 Å². The number of aromatic nitrogens is 5. The number of aromatic amines is 1. The molecule has 0 unspecified atom stereocenters. The minimum Gasteiger partial charge on any atom is -0.338 e. The van der Waals surface area contributed by atoms with Crippen molar-refractivity contribution in [2.24, 2.45) is 0 Å². The lowest BCUT2D eigenvalue weighted by atomic mass is 10.1. The zero-order valence-corrected chi connectivity index (χ0v) is 9.58. The van der Waals surface area contributed by atoms with Crippen LogP contribution in [0.5, 0.6) is 0 Å². The smallest absolute Gasteiger partial charge is 0.293 e. The number of carbonyl (C=O) groups excluding carboxylic acids is 1. The largest absolute Gasteiger partial charge is 0.338 e. The fraction of sp³-hybridized carbons (Fsp3) is 0.375. The number of nitrogens with one attached hydrogen (secondary N) is 2. The highest BCUT2D eigenvalue weighted by molar-refractivity contribution is 7.09. The van der Waals surface area contributed by atoms with E-state index in [1.54, 1.807) is 6.20 Å². The number of thiazole rings is 1. The summed E-state index contributed by atoms with van der Waals surface area (Å²) in [5, 5.41) is 18.2. The summed E-state index contributed by atoms with van der Waals surface area (Å²) in [5.74, 6) is -0.362. The summed E-state index contributed by atoms with van der Waals surface area (Å²) in [5.41, 5.74) is -0.550. The third kappa shape index (κ3) is 2.06. The zero-order chi connectivity index (χ0) is 11.6. The Bertz CT molecular complexity index is 463. The molecule has 2 N–H and O–H groups in total. The number of nitrogens with zero attached hydrogens (tertiary/aromatic N) is 4. The van der Waals surface area contributed by atoms with Crippen molar-refractivity contribution in [3.05, 3.63) is 22.4 Å². The van der Waals surface area contributed by atoms with E-state index in [-0.39, 0.29) is 11.7 Å². The lowest BCUT2D eigenvalue weighted by Gasteiger charge is -2.22. The molecule has 2 heterocycles. The highest BCUT2D eigenvalue weighted by Gasteiger charge is 2.27. The van der Waals surface area contributed by atoms with E-state index in [0.717, 1.165) is 5.01 Å². The Morgan fingerprint density at radius 3 is 2.94 bits per heavy atom. The van der Waals surface area contributed by atoms with Gasteiger partial charge in [-0.3, -0.25) is 4.79 Å². The van der Waals surface area contributed by atoms with Crippen LogP contribution in [0, 0.1) is 0 Å². The molecule has 2 rings (SSSR count). The molecule has 0 bridgehead atoms. The normalized spacial score (nSPS) is 11.4. The summed E-state index contributed by atoms with van der Waals surface area (Å²) in [7, 11) is 0. The van der Waals surface area contributed by atoms with Gasteiger partial charge in [-0.05, 0) is 19.1 Å². The van der Waals surface area contributed by atoms with Crippen LogP contribution in [0.4, 0.5) is 0 Å². The number of hydrogen-bond acceptors (Lipinski definition) is 6. The van der Waals surface area contributed by atoms with Gasteiger partial charge in [-0.15, -0.1) is 21.5 Å². The van der Waals surface area contributed by atoms with Crippen molar-refractivity contribution in [2.45, 2.75) is 19.4 Å². The Hall–Kier alpha value is -1.83. The van der Waals surface area contributed by atoms with Crippen LogP contribution in [0.1, 0.15) is 29.5 Å². The predicted octanol–water partition coefficient (Wildman–Crippen LogP) is 0.321. The molecule has 7 nitrogen and oxygen atoms in total. The summed E-state index contributed by atoms with van der Waals surface area (Å²) in [4.78, 5) is 15.9. The van der Waals surface area contributed by atoms with E-state index in [1.165, 1.54) is 11.3 Å². The van der Waals surface area contributed by atoms with Crippen LogP contribution in [0.15, 0.2) is 11.6 Å². The summed E-state index contributed by atoms with van der Waals surface area (Å²) in [6, 6.07) is 0. The van der Waals surface area contributed by atoms with E-state index in [1.807, 2.05) is 19.2 Å². The van der Waals surface area contributed by atoms with Gasteiger partial charge < -0.3 is 5.32 Å². The molecule has 0 atom stereocenters. The molecule has 0 fully saturated rings. The Labute approximate surface area is 95.3 Å². The van der Waals surface area contributed by atoms with Gasteiger partial charge in [0.15, 0.2) is 0 Å². The second kappa shape index (κ2) is 3.97. The standard InChI is InChI=1S/C8H10N6OS/c1-8(2,7-9-3-4-16-7)10-6(15)5-11-13-14-12-5/h3-4H,1-2H3,(H,10,15)(H,11,12,13,14). The van der Waals surface area contributed by atoms with Gasteiger partial charge in [0.25, 0.3) is 11.7 Å². The van der Waals surface area contributed by atoms with Crippen molar-refractivity contribution >= 4 is 17.2 Å². The molecule has 84 valence electrons. The summed E-state index contributed by atoms with van der Waals surface area (Å²) >= 11 is 1.48. The van der Waals surface area contributed by atoms with Crippen LogP contribution in [-0.2, 0) is 5.54 Å². The average molecular weight is 238 g/mol. The topological polar surface area (TPSA) is 96.5 Å². The SMILES string of the molecule is CC(C)(NC(=O)c1nn[nH]n1)c1nccs1. The number of rotatable bonds is 3. The Kier molecular flexibility index (Phi) is 2.65. The third-order valence-corrected chi connectivity index (χ3v) is 3.04. The van der Waals surface area contributed by atoms with Crippen molar-refractivity contribution < 1.29 is 4.79 Å². The van der Waals surface area contributed by atoms with Gasteiger partial charge in [0.1, 0.15) is 5.01 Å². The average Bonchev–Trinajstić information content (AvgIpc) is 2.91. The molecule has 2 aromatic heterocycles. The predicted molar refractivity (Wildman–Crippen MR) is 56.8 cm³/mol. The van der Waals surface area contributed by atoms with Gasteiger partial charge in [-0.25, -0.2) is 4.98 Å². The number of hydrogen-bond donors (Lipinski definition) is 2. The first kappa shape index (κ1) is 10.7. The first-order chi connectivity index (χ1) is 7.59. The molecule has 0 spiro atoms. The number of carbonyl (C=O) groups is 1. The fourth-order valence-electron chi connectivity index (χ4n) is 1.18. The number of amides is 1. The Morgan fingerprint density at radius 2 is 2.38 bits per heavy atom. The van der Waals surface area contributed by atoms with E-state index in [9.17, 15) is 4.79 Å². The van der Waals surface area contributed by atoms with Crippen molar-refractivity contribution in [2.75, 3.05) is 0 Å². The zero-order valence-electron chi connectivity index (χ0n) is 8.76. The molecule has 0 radical (unpaired) electrons. The third-order valence-electron chi connectivity index (χ3n) is 1.94. The minimum atomic E-state index is -0.550. The highest BCUT2D eigenvalue weighted by Crippen LogP contribution is 2.21. The fourth-order valence-corrected chi connectivity index (χ4v) is 1.90. The van der Waals surface area contributed by atoms with Crippen LogP contribution in [-0.4, -0.2) is 31.5 Å².